The highest BCUT2D eigenvalue weighted by Crippen LogP contribution is 2.23. The van der Waals surface area contributed by atoms with E-state index >= 15 is 0 Å². The Labute approximate surface area is 116 Å². The van der Waals surface area contributed by atoms with Crippen molar-refractivity contribution in [3.05, 3.63) is 17.5 Å². The summed E-state index contributed by atoms with van der Waals surface area (Å²) >= 11 is 0. The quantitative estimate of drug-likeness (QED) is 0.863. The minimum absolute atomic E-state index is 0.135. The Morgan fingerprint density at radius 2 is 2.25 bits per heavy atom. The van der Waals surface area contributed by atoms with Gasteiger partial charge in [-0.3, -0.25) is 9.59 Å². The van der Waals surface area contributed by atoms with Crippen LogP contribution in [0.1, 0.15) is 29.5 Å². The molecule has 1 aromatic heterocycles. The number of carbonyl (C=O) groups excluding carboxylic acids is 1. The van der Waals surface area contributed by atoms with Crippen LogP contribution in [0.15, 0.2) is 10.7 Å². The molecule has 110 valence electrons. The molecule has 1 aromatic rings. The molecule has 7 heteroatoms. The maximum absolute atomic E-state index is 12.5. The van der Waals surface area contributed by atoms with Gasteiger partial charge in [0.05, 0.1) is 25.5 Å². The van der Waals surface area contributed by atoms with Gasteiger partial charge >= 0.3 is 5.97 Å². The zero-order valence-corrected chi connectivity index (χ0v) is 11.5. The second-order valence-electron chi connectivity index (χ2n) is 4.84. The molecule has 0 spiro atoms. The molecule has 1 aliphatic heterocycles. The van der Waals surface area contributed by atoms with E-state index in [9.17, 15) is 14.7 Å². The van der Waals surface area contributed by atoms with Gasteiger partial charge in [-0.05, 0) is 13.3 Å². The summed E-state index contributed by atoms with van der Waals surface area (Å²) in [4.78, 5) is 25.4. The molecule has 1 fully saturated rings. The van der Waals surface area contributed by atoms with Gasteiger partial charge < -0.3 is 19.3 Å². The number of carboxylic acids is 1. The monoisotopic (exact) mass is 282 g/mol. The lowest BCUT2D eigenvalue weighted by atomic mass is 10.0. The number of amides is 1. The van der Waals surface area contributed by atoms with E-state index in [1.165, 1.54) is 6.20 Å². The highest BCUT2D eigenvalue weighted by molar-refractivity contribution is 5.95. The molecular formula is C13H18N2O5. The molecule has 2 unspecified atom stereocenters. The van der Waals surface area contributed by atoms with Crippen molar-refractivity contribution in [2.45, 2.75) is 26.3 Å². The van der Waals surface area contributed by atoms with Crippen molar-refractivity contribution in [3.8, 4) is 0 Å². The summed E-state index contributed by atoms with van der Waals surface area (Å²) in [6.45, 7) is 4.45. The Hall–Kier alpha value is -1.89. The highest BCUT2D eigenvalue weighted by atomic mass is 16.5. The van der Waals surface area contributed by atoms with E-state index in [0.717, 1.165) is 6.42 Å². The van der Waals surface area contributed by atoms with Crippen LogP contribution < -0.4 is 0 Å². The molecule has 0 radical (unpaired) electrons. The standard InChI is InChI=1S/C13H18N2O5/c1-3-4-15(11-7-19-6-10(11)13(17)18)12(16)9-5-14-20-8(9)2/h5,10-11H,3-4,6-7H2,1-2H3,(H,17,18). The van der Waals surface area contributed by atoms with Crippen LogP contribution in [0, 0.1) is 12.8 Å². The van der Waals surface area contributed by atoms with Gasteiger partial charge in [0.25, 0.3) is 5.91 Å². The van der Waals surface area contributed by atoms with Gasteiger partial charge in [0.1, 0.15) is 17.2 Å². The fourth-order valence-electron chi connectivity index (χ4n) is 2.40. The van der Waals surface area contributed by atoms with E-state index in [2.05, 4.69) is 5.16 Å². The highest BCUT2D eigenvalue weighted by Gasteiger charge is 2.40. The lowest BCUT2D eigenvalue weighted by molar-refractivity contribution is -0.142. The van der Waals surface area contributed by atoms with Gasteiger partial charge in [0.2, 0.25) is 0 Å². The maximum atomic E-state index is 12.5. The molecule has 0 bridgehead atoms. The number of carbonyl (C=O) groups is 2. The average Bonchev–Trinajstić information content (AvgIpc) is 3.03. The van der Waals surface area contributed by atoms with Crippen molar-refractivity contribution in [2.75, 3.05) is 19.8 Å². The Bertz CT molecular complexity index is 499. The number of carboxylic acid groups (broad SMARTS) is 1. The van der Waals surface area contributed by atoms with E-state index < -0.39 is 17.9 Å². The van der Waals surface area contributed by atoms with Crippen molar-refractivity contribution < 1.29 is 24.0 Å². The van der Waals surface area contributed by atoms with Crippen LogP contribution >= 0.6 is 0 Å². The molecular weight excluding hydrogens is 264 g/mol. The molecule has 20 heavy (non-hydrogen) atoms. The first kappa shape index (κ1) is 14.5. The zero-order valence-electron chi connectivity index (χ0n) is 11.5. The van der Waals surface area contributed by atoms with Crippen LogP contribution in [0.3, 0.4) is 0 Å². The summed E-state index contributed by atoms with van der Waals surface area (Å²) in [5.41, 5.74) is 0.370. The molecule has 0 aromatic carbocycles. The SMILES string of the molecule is CCCN(C(=O)c1cnoc1C)C1COCC1C(=O)O. The second-order valence-corrected chi connectivity index (χ2v) is 4.84. The number of hydrogen-bond donors (Lipinski definition) is 1. The Kier molecular flexibility index (Phi) is 4.39. The molecule has 1 N–H and O–H groups in total. The molecule has 1 amide bonds. The van der Waals surface area contributed by atoms with Gasteiger partial charge in [-0.1, -0.05) is 12.1 Å². The number of nitrogens with zero attached hydrogens (tertiary/aromatic N) is 2. The van der Waals surface area contributed by atoms with Crippen LogP contribution in [-0.2, 0) is 9.53 Å². The molecule has 2 atom stereocenters. The summed E-state index contributed by atoms with van der Waals surface area (Å²) in [6.07, 6.45) is 2.10. The number of aromatic nitrogens is 1. The predicted molar refractivity (Wildman–Crippen MR) is 68.3 cm³/mol. The number of aryl methyl sites for hydroxylation is 1. The van der Waals surface area contributed by atoms with Crippen LogP contribution in [0.4, 0.5) is 0 Å². The van der Waals surface area contributed by atoms with Crippen LogP contribution in [0.2, 0.25) is 0 Å². The number of aliphatic carboxylic acids is 1. The van der Waals surface area contributed by atoms with Gasteiger partial charge in [-0.2, -0.15) is 0 Å². The van der Waals surface area contributed by atoms with Gasteiger partial charge in [0, 0.05) is 6.54 Å². The number of ether oxygens (including phenoxy) is 1. The third-order valence-corrected chi connectivity index (χ3v) is 3.47. The first-order chi connectivity index (χ1) is 9.56. The van der Waals surface area contributed by atoms with E-state index in [4.69, 9.17) is 9.26 Å². The molecule has 0 aliphatic carbocycles. The summed E-state index contributed by atoms with van der Waals surface area (Å²) in [5.74, 6) is -1.46. The predicted octanol–water partition coefficient (Wildman–Crippen LogP) is 0.935. The summed E-state index contributed by atoms with van der Waals surface area (Å²) < 4.78 is 10.1. The van der Waals surface area contributed by atoms with Crippen LogP contribution in [0.5, 0.6) is 0 Å². The molecule has 1 saturated heterocycles. The molecule has 0 saturated carbocycles. The Morgan fingerprint density at radius 1 is 1.50 bits per heavy atom. The van der Waals surface area contributed by atoms with Gasteiger partial charge in [-0.25, -0.2) is 0 Å². The largest absolute Gasteiger partial charge is 0.481 e. The Balaban J connectivity index is 2.24. The lowest BCUT2D eigenvalue weighted by Crippen LogP contribution is -2.47. The summed E-state index contributed by atoms with van der Waals surface area (Å²) in [5, 5.41) is 12.8. The van der Waals surface area contributed by atoms with Gasteiger partial charge in [0.15, 0.2) is 0 Å². The van der Waals surface area contributed by atoms with Crippen molar-refractivity contribution in [3.63, 3.8) is 0 Å². The normalized spacial score (nSPS) is 21.9. The summed E-state index contributed by atoms with van der Waals surface area (Å²) in [7, 11) is 0. The first-order valence-electron chi connectivity index (χ1n) is 6.59. The third kappa shape index (κ3) is 2.67. The maximum Gasteiger partial charge on any atom is 0.311 e. The number of rotatable bonds is 5. The lowest BCUT2D eigenvalue weighted by Gasteiger charge is -2.29. The van der Waals surface area contributed by atoms with E-state index in [-0.39, 0.29) is 19.1 Å². The van der Waals surface area contributed by atoms with Crippen molar-refractivity contribution in [1.29, 1.82) is 0 Å². The molecule has 7 nitrogen and oxygen atoms in total. The fourth-order valence-corrected chi connectivity index (χ4v) is 2.40. The zero-order chi connectivity index (χ0) is 14.7. The van der Waals surface area contributed by atoms with E-state index in [1.54, 1.807) is 11.8 Å². The van der Waals surface area contributed by atoms with Crippen LogP contribution in [0.25, 0.3) is 0 Å². The third-order valence-electron chi connectivity index (χ3n) is 3.47. The topological polar surface area (TPSA) is 92.9 Å². The molecule has 2 rings (SSSR count). The van der Waals surface area contributed by atoms with E-state index in [0.29, 0.717) is 17.9 Å². The van der Waals surface area contributed by atoms with Crippen molar-refractivity contribution in [2.24, 2.45) is 5.92 Å². The Morgan fingerprint density at radius 3 is 2.80 bits per heavy atom. The summed E-state index contributed by atoms with van der Waals surface area (Å²) in [6, 6.07) is -0.450. The van der Waals surface area contributed by atoms with Gasteiger partial charge in [-0.15, -0.1) is 0 Å². The fraction of sp³-hybridized carbons (Fsp3) is 0.615. The molecule has 2 heterocycles. The smallest absolute Gasteiger partial charge is 0.311 e. The second kappa shape index (κ2) is 6.04. The van der Waals surface area contributed by atoms with Crippen molar-refractivity contribution in [1.82, 2.24) is 10.1 Å². The average molecular weight is 282 g/mol. The number of hydrogen-bond acceptors (Lipinski definition) is 5. The minimum atomic E-state index is -0.941. The first-order valence-corrected chi connectivity index (χ1v) is 6.59. The van der Waals surface area contributed by atoms with E-state index in [1.807, 2.05) is 6.92 Å². The molecule has 1 aliphatic rings. The van der Waals surface area contributed by atoms with Crippen molar-refractivity contribution >= 4 is 11.9 Å². The minimum Gasteiger partial charge on any atom is -0.481 e. The van der Waals surface area contributed by atoms with Crippen LogP contribution in [-0.4, -0.2) is 52.8 Å².